The number of pyridine rings is 1. The van der Waals surface area contributed by atoms with E-state index in [0.717, 1.165) is 32.8 Å². The van der Waals surface area contributed by atoms with Crippen molar-refractivity contribution < 1.29 is 9.53 Å². The van der Waals surface area contributed by atoms with E-state index in [0.29, 0.717) is 21.9 Å². The second kappa shape index (κ2) is 9.89. The van der Waals surface area contributed by atoms with Crippen LogP contribution >= 0.6 is 23.1 Å². The number of carbonyl (C=O) groups is 1. The number of aryl methyl sites for hydroxylation is 1. The molecule has 3 heterocycles. The summed E-state index contributed by atoms with van der Waals surface area (Å²) < 4.78 is 7.43. The van der Waals surface area contributed by atoms with Gasteiger partial charge in [0.15, 0.2) is 5.16 Å². The lowest BCUT2D eigenvalue weighted by molar-refractivity contribution is -0.113. The number of benzene rings is 2. The predicted molar refractivity (Wildman–Crippen MR) is 142 cm³/mol. The lowest BCUT2D eigenvalue weighted by atomic mass is 10.2. The van der Waals surface area contributed by atoms with Gasteiger partial charge in [0, 0.05) is 17.3 Å². The third kappa shape index (κ3) is 4.91. The van der Waals surface area contributed by atoms with Crippen molar-refractivity contribution in [2.75, 3.05) is 18.2 Å². The third-order valence-electron chi connectivity index (χ3n) is 5.49. The van der Waals surface area contributed by atoms with Crippen LogP contribution in [0.5, 0.6) is 5.75 Å². The Morgan fingerprint density at radius 1 is 1.11 bits per heavy atom. The van der Waals surface area contributed by atoms with E-state index >= 15 is 0 Å². The minimum Gasteiger partial charge on any atom is -0.497 e. The largest absolute Gasteiger partial charge is 0.497 e. The minimum atomic E-state index is -0.166. The Balaban J connectivity index is 1.49. The molecule has 0 bridgehead atoms. The van der Waals surface area contributed by atoms with E-state index in [1.165, 1.54) is 23.1 Å². The van der Waals surface area contributed by atoms with Crippen molar-refractivity contribution in [2.24, 2.45) is 0 Å². The summed E-state index contributed by atoms with van der Waals surface area (Å²) in [5.74, 6) is 0.697. The average molecular weight is 503 g/mol. The number of fused-ring (bicyclic) bond motifs is 3. The van der Waals surface area contributed by atoms with E-state index in [2.05, 4.69) is 10.3 Å². The van der Waals surface area contributed by atoms with Gasteiger partial charge in [0.2, 0.25) is 5.91 Å². The van der Waals surface area contributed by atoms with Crippen LogP contribution < -0.4 is 15.6 Å². The molecule has 0 aliphatic carbocycles. The van der Waals surface area contributed by atoms with Crippen molar-refractivity contribution in [1.82, 2.24) is 14.5 Å². The van der Waals surface area contributed by atoms with Gasteiger partial charge in [-0.05, 0) is 48.9 Å². The molecule has 0 fully saturated rings. The van der Waals surface area contributed by atoms with Gasteiger partial charge in [-0.15, -0.1) is 11.3 Å². The second-order valence-electron chi connectivity index (χ2n) is 7.97. The topological polar surface area (TPSA) is 86.1 Å². The monoisotopic (exact) mass is 502 g/mol. The van der Waals surface area contributed by atoms with Crippen molar-refractivity contribution >= 4 is 55.1 Å². The highest BCUT2D eigenvalue weighted by molar-refractivity contribution is 7.99. The number of carbonyl (C=O) groups excluding carboxylic acids is 1. The summed E-state index contributed by atoms with van der Waals surface area (Å²) in [6.07, 6.45) is 1.71. The van der Waals surface area contributed by atoms with Gasteiger partial charge in [0.25, 0.3) is 5.56 Å². The number of ether oxygens (including phenoxy) is 1. The smallest absolute Gasteiger partial charge is 0.272 e. The van der Waals surface area contributed by atoms with E-state index in [-0.39, 0.29) is 17.2 Å². The summed E-state index contributed by atoms with van der Waals surface area (Å²) in [7, 11) is 1.61. The summed E-state index contributed by atoms with van der Waals surface area (Å²) in [6, 6.07) is 18.9. The molecule has 5 rings (SSSR count). The van der Waals surface area contributed by atoms with Gasteiger partial charge in [0.05, 0.1) is 24.9 Å². The van der Waals surface area contributed by atoms with Crippen LogP contribution in [0.15, 0.2) is 76.8 Å². The highest BCUT2D eigenvalue weighted by Gasteiger charge is 2.18. The number of hydrogen-bond donors (Lipinski definition) is 1. The number of anilines is 1. The molecule has 3 aromatic heterocycles. The standard InChI is InChI=1S/C26H22N4O3S2/c1-16-5-9-18(10-6-16)28-21(31)15-34-26-29-22-20-4-3-13-27-24(20)35-23(22)25(32)30(26)14-17-7-11-19(33-2)12-8-17/h3-13H,14-15H2,1-2H3,(H,28,31). The Kier molecular flexibility index (Phi) is 6.52. The van der Waals surface area contributed by atoms with Gasteiger partial charge in [-0.2, -0.15) is 0 Å². The van der Waals surface area contributed by atoms with Crippen LogP contribution in [0.4, 0.5) is 5.69 Å². The molecule has 2 aromatic carbocycles. The molecule has 0 saturated carbocycles. The van der Waals surface area contributed by atoms with Crippen LogP contribution in [0.3, 0.4) is 0 Å². The van der Waals surface area contributed by atoms with Gasteiger partial charge < -0.3 is 10.1 Å². The van der Waals surface area contributed by atoms with E-state index in [1.807, 2.05) is 67.6 Å². The normalized spacial score (nSPS) is 11.1. The number of methoxy groups -OCH3 is 1. The van der Waals surface area contributed by atoms with Crippen LogP contribution in [-0.4, -0.2) is 33.3 Å². The first kappa shape index (κ1) is 23.1. The summed E-state index contributed by atoms with van der Waals surface area (Å²) in [6.45, 7) is 2.32. The molecule has 0 saturated heterocycles. The van der Waals surface area contributed by atoms with E-state index in [9.17, 15) is 9.59 Å². The predicted octanol–water partition coefficient (Wildman–Crippen LogP) is 5.10. The van der Waals surface area contributed by atoms with Gasteiger partial charge in [-0.3, -0.25) is 14.2 Å². The molecule has 1 amide bonds. The van der Waals surface area contributed by atoms with Crippen LogP contribution in [0.25, 0.3) is 20.4 Å². The van der Waals surface area contributed by atoms with Crippen LogP contribution in [-0.2, 0) is 11.3 Å². The number of nitrogens with zero attached hydrogens (tertiary/aromatic N) is 3. The minimum absolute atomic E-state index is 0.120. The van der Waals surface area contributed by atoms with Gasteiger partial charge in [-0.1, -0.05) is 41.6 Å². The number of aromatic nitrogens is 3. The second-order valence-corrected chi connectivity index (χ2v) is 9.91. The van der Waals surface area contributed by atoms with Crippen LogP contribution in [0.2, 0.25) is 0 Å². The molecule has 176 valence electrons. The first-order valence-electron chi connectivity index (χ1n) is 10.9. The molecule has 0 spiro atoms. The highest BCUT2D eigenvalue weighted by atomic mass is 32.2. The SMILES string of the molecule is COc1ccc(Cn2c(SCC(=O)Nc3ccc(C)cc3)nc3c(sc4ncccc43)c2=O)cc1. The summed E-state index contributed by atoms with van der Waals surface area (Å²) >= 11 is 2.58. The molecular formula is C26H22N4O3S2. The Bertz CT molecular complexity index is 1580. The third-order valence-corrected chi connectivity index (χ3v) is 7.55. The zero-order chi connectivity index (χ0) is 24.4. The summed E-state index contributed by atoms with van der Waals surface area (Å²) in [4.78, 5) is 36.2. The molecule has 9 heteroatoms. The molecular weight excluding hydrogens is 480 g/mol. The maximum Gasteiger partial charge on any atom is 0.272 e. The van der Waals surface area contributed by atoms with Gasteiger partial charge >= 0.3 is 0 Å². The molecule has 1 N–H and O–H groups in total. The Hall–Kier alpha value is -3.69. The summed E-state index contributed by atoms with van der Waals surface area (Å²) in [5.41, 5.74) is 3.26. The number of thioether (sulfide) groups is 1. The molecule has 0 aliphatic heterocycles. The fourth-order valence-electron chi connectivity index (χ4n) is 3.67. The van der Waals surface area contributed by atoms with Crippen molar-refractivity contribution in [1.29, 1.82) is 0 Å². The molecule has 0 atom stereocenters. The van der Waals surface area contributed by atoms with Crippen molar-refractivity contribution in [3.05, 3.63) is 88.3 Å². The Morgan fingerprint density at radius 3 is 2.63 bits per heavy atom. The number of amides is 1. The quantitative estimate of drug-likeness (QED) is 0.246. The Labute approximate surface area is 209 Å². The van der Waals surface area contributed by atoms with Crippen molar-refractivity contribution in [3.8, 4) is 5.75 Å². The van der Waals surface area contributed by atoms with Crippen LogP contribution in [0, 0.1) is 6.92 Å². The lowest BCUT2D eigenvalue weighted by Gasteiger charge is -2.13. The molecule has 5 aromatic rings. The van der Waals surface area contributed by atoms with Crippen molar-refractivity contribution in [3.63, 3.8) is 0 Å². The van der Waals surface area contributed by atoms with Crippen molar-refractivity contribution in [2.45, 2.75) is 18.6 Å². The molecule has 0 unspecified atom stereocenters. The molecule has 0 radical (unpaired) electrons. The zero-order valence-electron chi connectivity index (χ0n) is 19.1. The molecule has 0 aliphatic rings. The maximum absolute atomic E-state index is 13.6. The molecule has 7 nitrogen and oxygen atoms in total. The first-order valence-corrected chi connectivity index (χ1v) is 12.7. The number of thiophene rings is 1. The number of nitrogens with one attached hydrogen (secondary N) is 1. The first-order chi connectivity index (χ1) is 17.0. The fourth-order valence-corrected chi connectivity index (χ4v) is 5.49. The summed E-state index contributed by atoms with van der Waals surface area (Å²) in [5, 5.41) is 4.23. The van der Waals surface area contributed by atoms with Gasteiger partial charge in [0.1, 0.15) is 15.3 Å². The zero-order valence-corrected chi connectivity index (χ0v) is 20.8. The van der Waals surface area contributed by atoms with E-state index in [1.54, 1.807) is 17.9 Å². The maximum atomic E-state index is 13.6. The number of hydrogen-bond acceptors (Lipinski definition) is 7. The average Bonchev–Trinajstić information content (AvgIpc) is 3.25. The van der Waals surface area contributed by atoms with E-state index in [4.69, 9.17) is 9.72 Å². The number of rotatable bonds is 7. The van der Waals surface area contributed by atoms with Gasteiger partial charge in [-0.25, -0.2) is 9.97 Å². The molecule has 35 heavy (non-hydrogen) atoms. The Morgan fingerprint density at radius 2 is 1.89 bits per heavy atom. The van der Waals surface area contributed by atoms with Crippen LogP contribution in [0.1, 0.15) is 11.1 Å². The highest BCUT2D eigenvalue weighted by Crippen LogP contribution is 2.30. The fraction of sp³-hybridized carbons (Fsp3) is 0.154. The van der Waals surface area contributed by atoms with E-state index < -0.39 is 0 Å². The lowest BCUT2D eigenvalue weighted by Crippen LogP contribution is -2.24.